The van der Waals surface area contributed by atoms with Crippen LogP contribution in [0.3, 0.4) is 0 Å². The smallest absolute Gasteiger partial charge is 0.245 e. The normalized spacial score (nSPS) is 21.5. The summed E-state index contributed by atoms with van der Waals surface area (Å²) in [6, 6.07) is 8.93. The molecule has 2 aliphatic rings. The topological polar surface area (TPSA) is 72.0 Å². The monoisotopic (exact) mass is 413 g/mol. The van der Waals surface area contributed by atoms with Gasteiger partial charge in [0.05, 0.1) is 32.4 Å². The van der Waals surface area contributed by atoms with E-state index in [0.29, 0.717) is 50.6 Å². The predicted octanol–water partition coefficient (Wildman–Crippen LogP) is 1.67. The molecule has 0 aliphatic carbocycles. The minimum Gasteiger partial charge on any atom is -0.487 e. The van der Waals surface area contributed by atoms with Gasteiger partial charge in [0.2, 0.25) is 11.8 Å². The van der Waals surface area contributed by atoms with Crippen LogP contribution in [0.5, 0.6) is 5.75 Å². The molecule has 3 heterocycles. The number of hydrogen-bond acceptors (Lipinski definition) is 5. The Morgan fingerprint density at radius 2 is 2.03 bits per heavy atom. The highest BCUT2D eigenvalue weighted by Crippen LogP contribution is 2.25. The number of ether oxygens (including phenoxy) is 2. The molecule has 0 radical (unpaired) electrons. The molecule has 0 saturated carbocycles. The minimum absolute atomic E-state index is 0.0320. The van der Waals surface area contributed by atoms with Crippen LogP contribution in [0.1, 0.15) is 12.0 Å². The van der Waals surface area contributed by atoms with Crippen LogP contribution in [-0.4, -0.2) is 71.6 Å². The second-order valence-electron chi connectivity index (χ2n) is 7.47. The first-order valence-electron chi connectivity index (χ1n) is 10.1. The number of benzene rings is 1. The summed E-state index contributed by atoms with van der Waals surface area (Å²) in [7, 11) is 0. The van der Waals surface area contributed by atoms with Crippen LogP contribution >= 0.6 is 0 Å². The second kappa shape index (κ2) is 9.21. The van der Waals surface area contributed by atoms with Crippen molar-refractivity contribution >= 4 is 11.8 Å². The molecule has 2 atom stereocenters. The molecule has 2 aliphatic heterocycles. The van der Waals surface area contributed by atoms with Crippen LogP contribution in [0.2, 0.25) is 0 Å². The number of halogens is 1. The third kappa shape index (κ3) is 4.76. The Balaban J connectivity index is 1.50. The van der Waals surface area contributed by atoms with Crippen LogP contribution in [-0.2, 0) is 20.7 Å². The Morgan fingerprint density at radius 1 is 1.20 bits per heavy atom. The van der Waals surface area contributed by atoms with Crippen molar-refractivity contribution < 1.29 is 23.5 Å². The zero-order valence-electron chi connectivity index (χ0n) is 16.6. The summed E-state index contributed by atoms with van der Waals surface area (Å²) < 4.78 is 24.8. The van der Waals surface area contributed by atoms with Crippen molar-refractivity contribution in [3.05, 3.63) is 60.2 Å². The van der Waals surface area contributed by atoms with Gasteiger partial charge in [-0.05, 0) is 29.8 Å². The van der Waals surface area contributed by atoms with E-state index < -0.39 is 6.04 Å². The molecule has 0 N–H and O–H groups in total. The molecule has 7 nitrogen and oxygen atoms in total. The zero-order valence-corrected chi connectivity index (χ0v) is 16.6. The molecule has 158 valence electrons. The largest absolute Gasteiger partial charge is 0.487 e. The number of nitrogens with zero attached hydrogens (tertiary/aromatic N) is 3. The molecule has 0 bridgehead atoms. The fourth-order valence-corrected chi connectivity index (χ4v) is 3.92. The number of likely N-dealkylation sites (tertiary alicyclic amines) is 1. The number of pyridine rings is 1. The number of amides is 2. The predicted molar refractivity (Wildman–Crippen MR) is 106 cm³/mol. The zero-order chi connectivity index (χ0) is 20.9. The number of hydrogen-bond donors (Lipinski definition) is 0. The van der Waals surface area contributed by atoms with Gasteiger partial charge in [-0.15, -0.1) is 0 Å². The molecule has 0 unspecified atom stereocenters. The molecule has 2 amide bonds. The fraction of sp³-hybridized carbons (Fsp3) is 0.409. The van der Waals surface area contributed by atoms with Gasteiger partial charge in [0.25, 0.3) is 0 Å². The highest BCUT2D eigenvalue weighted by Gasteiger charge is 2.42. The van der Waals surface area contributed by atoms with Gasteiger partial charge in [-0.25, -0.2) is 4.39 Å². The quantitative estimate of drug-likeness (QED) is 0.746. The SMILES string of the molecule is O=C([C@@H]1C[C@H](Oc2cccnc2)CN1C(=O)Cc1cccc(F)c1)N1CCOCC1. The lowest BCUT2D eigenvalue weighted by Gasteiger charge is -2.32. The number of carbonyl (C=O) groups excluding carboxylic acids is 2. The third-order valence-corrected chi connectivity index (χ3v) is 5.37. The lowest BCUT2D eigenvalue weighted by atomic mass is 10.1. The Morgan fingerprint density at radius 3 is 2.77 bits per heavy atom. The molecule has 2 aromatic rings. The summed E-state index contributed by atoms with van der Waals surface area (Å²) in [6.07, 6.45) is 3.38. The van der Waals surface area contributed by atoms with Gasteiger partial charge in [0.1, 0.15) is 23.7 Å². The fourth-order valence-electron chi connectivity index (χ4n) is 3.92. The van der Waals surface area contributed by atoms with Gasteiger partial charge in [-0.1, -0.05) is 12.1 Å². The van der Waals surface area contributed by atoms with E-state index in [1.807, 2.05) is 0 Å². The van der Waals surface area contributed by atoms with Crippen molar-refractivity contribution in [1.82, 2.24) is 14.8 Å². The lowest BCUT2D eigenvalue weighted by molar-refractivity contribution is -0.146. The van der Waals surface area contributed by atoms with E-state index in [2.05, 4.69) is 4.98 Å². The third-order valence-electron chi connectivity index (χ3n) is 5.37. The maximum atomic E-state index is 13.5. The van der Waals surface area contributed by atoms with Gasteiger partial charge in [0.15, 0.2) is 0 Å². The van der Waals surface area contributed by atoms with Crippen LogP contribution in [0.15, 0.2) is 48.8 Å². The maximum Gasteiger partial charge on any atom is 0.245 e. The van der Waals surface area contributed by atoms with E-state index in [0.717, 1.165) is 0 Å². The number of carbonyl (C=O) groups is 2. The molecule has 30 heavy (non-hydrogen) atoms. The van der Waals surface area contributed by atoms with Crippen LogP contribution in [0, 0.1) is 5.82 Å². The van der Waals surface area contributed by atoms with Crippen molar-refractivity contribution in [2.24, 2.45) is 0 Å². The number of morpholine rings is 1. The van der Waals surface area contributed by atoms with E-state index in [1.54, 1.807) is 46.5 Å². The van der Waals surface area contributed by atoms with Gasteiger partial charge < -0.3 is 19.3 Å². The Bertz CT molecular complexity index is 889. The highest BCUT2D eigenvalue weighted by atomic mass is 19.1. The maximum absolute atomic E-state index is 13.5. The molecule has 2 fully saturated rings. The van der Waals surface area contributed by atoms with Gasteiger partial charge in [-0.2, -0.15) is 0 Å². The Labute approximate surface area is 174 Å². The highest BCUT2D eigenvalue weighted by molar-refractivity contribution is 5.89. The number of rotatable bonds is 5. The van der Waals surface area contributed by atoms with E-state index >= 15 is 0 Å². The first-order valence-corrected chi connectivity index (χ1v) is 10.1. The minimum atomic E-state index is -0.606. The van der Waals surface area contributed by atoms with Crippen molar-refractivity contribution in [2.45, 2.75) is 25.0 Å². The Hall–Kier alpha value is -3.00. The Kier molecular flexibility index (Phi) is 6.23. The van der Waals surface area contributed by atoms with E-state index in [4.69, 9.17) is 9.47 Å². The van der Waals surface area contributed by atoms with Crippen LogP contribution < -0.4 is 4.74 Å². The second-order valence-corrected chi connectivity index (χ2v) is 7.47. The summed E-state index contributed by atoms with van der Waals surface area (Å²) >= 11 is 0. The first-order chi connectivity index (χ1) is 14.6. The molecule has 0 spiro atoms. The summed E-state index contributed by atoms with van der Waals surface area (Å²) in [5, 5.41) is 0. The van der Waals surface area contributed by atoms with Gasteiger partial charge in [-0.3, -0.25) is 14.6 Å². The average molecular weight is 413 g/mol. The van der Waals surface area contributed by atoms with E-state index in [1.165, 1.54) is 12.1 Å². The molecule has 2 saturated heterocycles. The van der Waals surface area contributed by atoms with Crippen molar-refractivity contribution in [2.75, 3.05) is 32.8 Å². The molecule has 8 heteroatoms. The molecule has 4 rings (SSSR count). The number of aromatic nitrogens is 1. The summed E-state index contributed by atoms with van der Waals surface area (Å²) in [6.45, 7) is 2.30. The average Bonchev–Trinajstić information content (AvgIpc) is 3.18. The van der Waals surface area contributed by atoms with Crippen LogP contribution in [0.25, 0.3) is 0 Å². The first kappa shape index (κ1) is 20.3. The van der Waals surface area contributed by atoms with E-state index in [9.17, 15) is 14.0 Å². The lowest BCUT2D eigenvalue weighted by Crippen LogP contribution is -2.51. The van der Waals surface area contributed by atoms with Crippen molar-refractivity contribution in [3.8, 4) is 5.75 Å². The van der Waals surface area contributed by atoms with Crippen LogP contribution in [0.4, 0.5) is 4.39 Å². The standard InChI is InChI=1S/C22H24FN3O4/c23-17-4-1-3-16(11-17)12-21(27)26-15-19(30-18-5-2-6-24-14-18)13-20(26)22(28)25-7-9-29-10-8-25/h1-6,11,14,19-20H,7-10,12-13,15H2/t19-,20-/m0/s1. The van der Waals surface area contributed by atoms with E-state index in [-0.39, 0.29) is 30.2 Å². The van der Waals surface area contributed by atoms with Crippen molar-refractivity contribution in [1.29, 1.82) is 0 Å². The summed E-state index contributed by atoms with van der Waals surface area (Å²) in [4.78, 5) is 33.6. The molecular formula is C22H24FN3O4. The van der Waals surface area contributed by atoms with Gasteiger partial charge in [0, 0.05) is 25.7 Å². The summed E-state index contributed by atoms with van der Waals surface area (Å²) in [5.41, 5.74) is 0.578. The molecule has 1 aromatic heterocycles. The molecular weight excluding hydrogens is 389 g/mol. The van der Waals surface area contributed by atoms with Gasteiger partial charge >= 0.3 is 0 Å². The van der Waals surface area contributed by atoms with Crippen molar-refractivity contribution in [3.63, 3.8) is 0 Å². The molecule has 1 aromatic carbocycles. The summed E-state index contributed by atoms with van der Waals surface area (Å²) in [5.74, 6) is -0.104.